The number of carboxylic acid groups (broad SMARTS) is 1. The Morgan fingerprint density at radius 1 is 1.00 bits per heavy atom. The van der Waals surface area contributed by atoms with E-state index in [4.69, 9.17) is 9.72 Å². The topological polar surface area (TPSA) is 93.4 Å². The van der Waals surface area contributed by atoms with Crippen molar-refractivity contribution in [3.63, 3.8) is 0 Å². The maximum absolute atomic E-state index is 12.8. The quantitative estimate of drug-likeness (QED) is 0.344. The van der Waals surface area contributed by atoms with Crippen molar-refractivity contribution in [3.8, 4) is 17.1 Å². The molecule has 184 valence electrons. The number of amides is 1. The fraction of sp³-hybridized carbons (Fsp3) is 0.276. The van der Waals surface area contributed by atoms with Gasteiger partial charge in [-0.2, -0.15) is 0 Å². The molecule has 0 unspecified atom stereocenters. The zero-order valence-corrected chi connectivity index (χ0v) is 20.2. The van der Waals surface area contributed by atoms with Crippen LogP contribution in [0.2, 0.25) is 0 Å². The summed E-state index contributed by atoms with van der Waals surface area (Å²) in [5.41, 5.74) is 4.28. The van der Waals surface area contributed by atoms with Crippen LogP contribution in [0.25, 0.3) is 22.4 Å². The molecule has 4 aromatic rings. The Bertz CT molecular complexity index is 1400. The van der Waals surface area contributed by atoms with Crippen LogP contribution < -0.4 is 10.1 Å². The van der Waals surface area contributed by atoms with Crippen LogP contribution in [-0.4, -0.2) is 33.6 Å². The van der Waals surface area contributed by atoms with Gasteiger partial charge in [0.05, 0.1) is 23.7 Å². The monoisotopic (exact) mass is 483 g/mol. The summed E-state index contributed by atoms with van der Waals surface area (Å²) in [5, 5.41) is 12.4. The van der Waals surface area contributed by atoms with Crippen LogP contribution >= 0.6 is 0 Å². The van der Waals surface area contributed by atoms with Crippen molar-refractivity contribution in [2.75, 3.05) is 7.11 Å². The molecule has 3 aromatic carbocycles. The fourth-order valence-corrected chi connectivity index (χ4v) is 4.98. The number of rotatable bonds is 7. The molecule has 1 fully saturated rings. The first-order chi connectivity index (χ1) is 17.5. The van der Waals surface area contributed by atoms with Crippen LogP contribution in [0.1, 0.15) is 64.4 Å². The minimum absolute atomic E-state index is 0.156. The molecular formula is C29H29N3O4. The number of nitrogens with one attached hydrogen (secondary N) is 1. The Morgan fingerprint density at radius 2 is 1.75 bits per heavy atom. The molecule has 0 aliphatic heterocycles. The van der Waals surface area contributed by atoms with Gasteiger partial charge in [0.15, 0.2) is 0 Å². The average Bonchev–Trinajstić information content (AvgIpc) is 3.31. The number of hydrogen-bond acceptors (Lipinski definition) is 4. The van der Waals surface area contributed by atoms with Crippen molar-refractivity contribution in [2.24, 2.45) is 0 Å². The summed E-state index contributed by atoms with van der Waals surface area (Å²) in [4.78, 5) is 29.1. The lowest BCUT2D eigenvalue weighted by Crippen LogP contribution is -2.22. The summed E-state index contributed by atoms with van der Waals surface area (Å²) >= 11 is 0. The molecule has 7 nitrogen and oxygen atoms in total. The third-order valence-corrected chi connectivity index (χ3v) is 6.87. The number of imidazole rings is 1. The highest BCUT2D eigenvalue weighted by Crippen LogP contribution is 2.36. The van der Waals surface area contributed by atoms with Gasteiger partial charge in [-0.25, -0.2) is 9.78 Å². The van der Waals surface area contributed by atoms with Crippen molar-refractivity contribution < 1.29 is 19.4 Å². The minimum Gasteiger partial charge on any atom is -0.497 e. The highest BCUT2D eigenvalue weighted by Gasteiger charge is 2.23. The van der Waals surface area contributed by atoms with Crippen molar-refractivity contribution >= 4 is 22.9 Å². The van der Waals surface area contributed by atoms with Gasteiger partial charge in [-0.15, -0.1) is 0 Å². The van der Waals surface area contributed by atoms with E-state index in [1.807, 2.05) is 54.6 Å². The number of ether oxygens (including phenoxy) is 1. The second-order valence-electron chi connectivity index (χ2n) is 9.22. The number of carbonyl (C=O) groups excluding carboxylic acids is 1. The van der Waals surface area contributed by atoms with E-state index in [-0.39, 0.29) is 11.5 Å². The third kappa shape index (κ3) is 4.82. The molecule has 0 bridgehead atoms. The van der Waals surface area contributed by atoms with Gasteiger partial charge in [0.2, 0.25) is 0 Å². The van der Waals surface area contributed by atoms with E-state index in [2.05, 4.69) is 9.88 Å². The summed E-state index contributed by atoms with van der Waals surface area (Å²) in [6.45, 7) is 0.404. The zero-order valence-electron chi connectivity index (χ0n) is 20.2. The van der Waals surface area contributed by atoms with Crippen LogP contribution in [0.3, 0.4) is 0 Å². The zero-order chi connectivity index (χ0) is 25.1. The second-order valence-corrected chi connectivity index (χ2v) is 9.22. The van der Waals surface area contributed by atoms with E-state index in [9.17, 15) is 14.7 Å². The summed E-state index contributed by atoms with van der Waals surface area (Å²) in [5.74, 6) is 0.441. The smallest absolute Gasteiger partial charge is 0.335 e. The summed E-state index contributed by atoms with van der Waals surface area (Å²) < 4.78 is 7.51. The number of aromatic carboxylic acids is 1. The molecule has 1 aliphatic carbocycles. The van der Waals surface area contributed by atoms with Crippen LogP contribution in [0.5, 0.6) is 5.75 Å². The Hall–Kier alpha value is -4.13. The van der Waals surface area contributed by atoms with Gasteiger partial charge in [0.25, 0.3) is 5.91 Å². The Labute approximate surface area is 209 Å². The van der Waals surface area contributed by atoms with Gasteiger partial charge in [0.1, 0.15) is 11.6 Å². The van der Waals surface area contributed by atoms with Crippen LogP contribution in [-0.2, 0) is 6.54 Å². The standard InChI is InChI=1S/C29H29N3O4/c1-36-24-9-5-6-19(16-24)18-30-28(33)21-12-10-20(11-13-21)27-31-25-17-22(29(34)35)14-15-26(25)32(27)23-7-3-2-4-8-23/h5-6,9-17,23H,2-4,7-8,18H2,1H3,(H,30,33)(H,34,35). The summed E-state index contributed by atoms with van der Waals surface area (Å²) in [7, 11) is 1.62. The van der Waals surface area contributed by atoms with E-state index in [0.717, 1.165) is 41.1 Å². The van der Waals surface area contributed by atoms with E-state index >= 15 is 0 Å². The van der Waals surface area contributed by atoms with Crippen molar-refractivity contribution in [2.45, 2.75) is 44.7 Å². The normalized spacial score (nSPS) is 14.0. The van der Waals surface area contributed by atoms with E-state index in [1.165, 1.54) is 19.3 Å². The molecule has 1 aromatic heterocycles. The van der Waals surface area contributed by atoms with E-state index in [0.29, 0.717) is 23.7 Å². The Morgan fingerprint density at radius 3 is 2.47 bits per heavy atom. The number of fused-ring (bicyclic) bond motifs is 1. The number of methoxy groups -OCH3 is 1. The lowest BCUT2D eigenvalue weighted by atomic mass is 9.94. The van der Waals surface area contributed by atoms with Gasteiger partial charge in [0, 0.05) is 23.7 Å². The Kier molecular flexibility index (Phi) is 6.71. The number of carbonyl (C=O) groups is 2. The molecule has 5 rings (SSSR count). The molecule has 1 saturated carbocycles. The highest BCUT2D eigenvalue weighted by atomic mass is 16.5. The second kappa shape index (κ2) is 10.2. The maximum Gasteiger partial charge on any atom is 0.335 e. The fourth-order valence-electron chi connectivity index (χ4n) is 4.98. The van der Waals surface area contributed by atoms with Gasteiger partial charge >= 0.3 is 5.97 Å². The van der Waals surface area contributed by atoms with Crippen LogP contribution in [0.15, 0.2) is 66.7 Å². The summed E-state index contributed by atoms with van der Waals surface area (Å²) in [6, 6.07) is 20.5. The molecule has 0 saturated heterocycles. The van der Waals surface area contributed by atoms with E-state index < -0.39 is 5.97 Å². The molecule has 0 atom stereocenters. The third-order valence-electron chi connectivity index (χ3n) is 6.87. The number of nitrogens with zero attached hydrogens (tertiary/aromatic N) is 2. The number of hydrogen-bond donors (Lipinski definition) is 2. The highest BCUT2D eigenvalue weighted by molar-refractivity contribution is 5.95. The SMILES string of the molecule is COc1cccc(CNC(=O)c2ccc(-c3nc4cc(C(=O)O)ccc4n3C3CCCCC3)cc2)c1. The maximum atomic E-state index is 12.8. The molecule has 2 N–H and O–H groups in total. The molecule has 1 aliphatic rings. The molecule has 1 heterocycles. The van der Waals surface area contributed by atoms with Crippen molar-refractivity contribution in [1.29, 1.82) is 0 Å². The van der Waals surface area contributed by atoms with Gasteiger partial charge < -0.3 is 19.7 Å². The Balaban J connectivity index is 1.42. The lowest BCUT2D eigenvalue weighted by molar-refractivity contribution is 0.0696. The molecule has 0 spiro atoms. The first kappa shape index (κ1) is 23.6. The minimum atomic E-state index is -0.963. The van der Waals surface area contributed by atoms with Crippen LogP contribution in [0.4, 0.5) is 0 Å². The van der Waals surface area contributed by atoms with Crippen molar-refractivity contribution in [1.82, 2.24) is 14.9 Å². The first-order valence-corrected chi connectivity index (χ1v) is 12.3. The predicted molar refractivity (Wildman–Crippen MR) is 138 cm³/mol. The van der Waals surface area contributed by atoms with E-state index in [1.54, 1.807) is 19.2 Å². The van der Waals surface area contributed by atoms with Crippen LogP contribution in [0, 0.1) is 0 Å². The number of aromatic nitrogens is 2. The number of benzene rings is 3. The average molecular weight is 484 g/mol. The molecule has 0 radical (unpaired) electrons. The predicted octanol–water partition coefficient (Wildman–Crippen LogP) is 5.85. The lowest BCUT2D eigenvalue weighted by Gasteiger charge is -2.25. The molecule has 1 amide bonds. The largest absolute Gasteiger partial charge is 0.497 e. The van der Waals surface area contributed by atoms with Gasteiger partial charge in [-0.1, -0.05) is 43.5 Å². The molecular weight excluding hydrogens is 454 g/mol. The van der Waals surface area contributed by atoms with Gasteiger partial charge in [-0.3, -0.25) is 4.79 Å². The number of carboxylic acids is 1. The first-order valence-electron chi connectivity index (χ1n) is 12.3. The summed E-state index contributed by atoms with van der Waals surface area (Å²) in [6.07, 6.45) is 5.72. The molecule has 36 heavy (non-hydrogen) atoms. The van der Waals surface area contributed by atoms with Crippen molar-refractivity contribution in [3.05, 3.63) is 83.4 Å². The van der Waals surface area contributed by atoms with Gasteiger partial charge in [-0.05, 0) is 60.9 Å². The molecule has 7 heteroatoms.